The Morgan fingerprint density at radius 3 is 2.31 bits per heavy atom. The van der Waals surface area contributed by atoms with Gasteiger partial charge in [-0.05, 0) is 35.0 Å². The molecule has 3 rings (SSSR count). The number of ether oxygens (including phenoxy) is 4. The van der Waals surface area contributed by atoms with Gasteiger partial charge in [-0.15, -0.1) is 0 Å². The summed E-state index contributed by atoms with van der Waals surface area (Å²) < 4.78 is 22.6. The number of benzene rings is 1. The summed E-state index contributed by atoms with van der Waals surface area (Å²) >= 11 is 0. The molecule has 1 aliphatic rings. The highest BCUT2D eigenvalue weighted by molar-refractivity contribution is 5.92. The topological polar surface area (TPSA) is 110 Å². The van der Waals surface area contributed by atoms with Crippen molar-refractivity contribution in [3.8, 4) is 17.2 Å². The summed E-state index contributed by atoms with van der Waals surface area (Å²) in [5.41, 5.74) is 1.65. The van der Waals surface area contributed by atoms with Crippen LogP contribution in [0.25, 0.3) is 0 Å². The molecule has 2 heterocycles. The van der Waals surface area contributed by atoms with Gasteiger partial charge in [0.25, 0.3) is 0 Å². The Labute approximate surface area is 149 Å². The molecular formula is C16H19N5O5. The zero-order valence-electron chi connectivity index (χ0n) is 15.1. The van der Waals surface area contributed by atoms with Gasteiger partial charge in [0.2, 0.25) is 11.7 Å². The van der Waals surface area contributed by atoms with Crippen molar-refractivity contribution in [2.45, 2.75) is 13.0 Å². The van der Waals surface area contributed by atoms with Gasteiger partial charge in [-0.2, -0.15) is 4.68 Å². The number of tetrazole rings is 1. The molecule has 0 aliphatic carbocycles. The summed E-state index contributed by atoms with van der Waals surface area (Å²) in [6.45, 7) is 1.76. The van der Waals surface area contributed by atoms with Crippen LogP contribution in [0.3, 0.4) is 0 Å². The maximum atomic E-state index is 12.4. The summed E-state index contributed by atoms with van der Waals surface area (Å²) in [5, 5.41) is 14.6. The number of fused-ring (bicyclic) bond motifs is 1. The molecular weight excluding hydrogens is 342 g/mol. The highest BCUT2D eigenvalue weighted by atomic mass is 16.5. The van der Waals surface area contributed by atoms with E-state index >= 15 is 0 Å². The number of carbonyl (C=O) groups is 1. The van der Waals surface area contributed by atoms with Gasteiger partial charge in [-0.1, -0.05) is 5.10 Å². The molecule has 1 atom stereocenters. The van der Waals surface area contributed by atoms with Crippen LogP contribution in [0.5, 0.6) is 17.2 Å². The van der Waals surface area contributed by atoms with E-state index in [4.69, 9.17) is 18.9 Å². The van der Waals surface area contributed by atoms with Gasteiger partial charge in [0, 0.05) is 5.70 Å². The minimum absolute atomic E-state index is 0.376. The van der Waals surface area contributed by atoms with Crippen LogP contribution in [-0.2, 0) is 9.53 Å². The number of methoxy groups -OCH3 is 4. The second kappa shape index (κ2) is 6.90. The van der Waals surface area contributed by atoms with Crippen molar-refractivity contribution >= 4 is 11.9 Å². The molecule has 0 saturated heterocycles. The van der Waals surface area contributed by atoms with Gasteiger partial charge in [0.1, 0.15) is 6.04 Å². The molecule has 1 aromatic carbocycles. The lowest BCUT2D eigenvalue weighted by Gasteiger charge is -2.27. The van der Waals surface area contributed by atoms with Crippen LogP contribution in [0.1, 0.15) is 18.5 Å². The fourth-order valence-corrected chi connectivity index (χ4v) is 2.95. The first kappa shape index (κ1) is 17.5. The van der Waals surface area contributed by atoms with E-state index < -0.39 is 12.0 Å². The Bertz CT molecular complexity index is 851. The number of allylic oxidation sites excluding steroid dienone is 1. The van der Waals surface area contributed by atoms with E-state index in [1.54, 1.807) is 19.1 Å². The molecule has 0 saturated carbocycles. The fraction of sp³-hybridized carbons (Fsp3) is 0.375. The maximum absolute atomic E-state index is 12.4. The van der Waals surface area contributed by atoms with Crippen molar-refractivity contribution in [2.24, 2.45) is 0 Å². The number of esters is 1. The highest BCUT2D eigenvalue weighted by Crippen LogP contribution is 2.43. The zero-order chi connectivity index (χ0) is 18.8. The van der Waals surface area contributed by atoms with Crippen LogP contribution >= 0.6 is 0 Å². The van der Waals surface area contributed by atoms with Gasteiger partial charge in [0.05, 0.1) is 34.0 Å². The molecule has 26 heavy (non-hydrogen) atoms. The number of hydrogen-bond donors (Lipinski definition) is 1. The predicted octanol–water partition coefficient (Wildman–Crippen LogP) is 1.16. The molecule has 10 nitrogen and oxygen atoms in total. The van der Waals surface area contributed by atoms with Gasteiger partial charge in [-0.25, -0.2) is 4.79 Å². The van der Waals surface area contributed by atoms with Gasteiger partial charge in [0.15, 0.2) is 11.5 Å². The summed E-state index contributed by atoms with van der Waals surface area (Å²) in [4.78, 5) is 12.4. The first-order valence-electron chi connectivity index (χ1n) is 7.69. The van der Waals surface area contributed by atoms with Crippen molar-refractivity contribution in [2.75, 3.05) is 33.8 Å². The van der Waals surface area contributed by atoms with E-state index in [2.05, 4.69) is 20.8 Å². The SMILES string of the molecule is COC(=O)C1=C(C)Nc2nnnn2[C@H]1c1cc(OC)c(OC)c(OC)c1. The Morgan fingerprint density at radius 2 is 1.77 bits per heavy atom. The van der Waals surface area contributed by atoms with Crippen molar-refractivity contribution in [3.63, 3.8) is 0 Å². The standard InChI is InChI=1S/C16H19N5O5/c1-8-12(15(22)26-5)13(21-16(17-8)18-19-20-21)9-6-10(23-2)14(25-4)11(7-9)24-3/h6-7,13H,1-5H3,(H,17,18,20)/t13-/m0/s1. The molecule has 1 N–H and O–H groups in total. The maximum Gasteiger partial charge on any atom is 0.338 e. The van der Waals surface area contributed by atoms with E-state index in [1.807, 2.05) is 0 Å². The Balaban J connectivity index is 2.25. The monoisotopic (exact) mass is 361 g/mol. The van der Waals surface area contributed by atoms with Crippen LogP contribution in [-0.4, -0.2) is 54.6 Å². The molecule has 0 unspecified atom stereocenters. The number of hydrogen-bond acceptors (Lipinski definition) is 9. The van der Waals surface area contributed by atoms with E-state index in [1.165, 1.54) is 33.1 Å². The summed E-state index contributed by atoms with van der Waals surface area (Å²) in [5.74, 6) is 1.28. The average molecular weight is 361 g/mol. The summed E-state index contributed by atoms with van der Waals surface area (Å²) in [7, 11) is 5.89. The van der Waals surface area contributed by atoms with Crippen LogP contribution in [0, 0.1) is 0 Å². The lowest BCUT2D eigenvalue weighted by Crippen LogP contribution is -2.29. The van der Waals surface area contributed by atoms with E-state index in [9.17, 15) is 4.79 Å². The second-order valence-corrected chi connectivity index (χ2v) is 5.46. The van der Waals surface area contributed by atoms with E-state index in [0.717, 1.165) is 0 Å². The van der Waals surface area contributed by atoms with Crippen molar-refractivity contribution < 1.29 is 23.7 Å². The molecule has 1 aromatic heterocycles. The first-order chi connectivity index (χ1) is 12.5. The molecule has 0 spiro atoms. The smallest absolute Gasteiger partial charge is 0.338 e. The predicted molar refractivity (Wildman–Crippen MR) is 90.4 cm³/mol. The van der Waals surface area contributed by atoms with Crippen LogP contribution in [0.4, 0.5) is 5.95 Å². The van der Waals surface area contributed by atoms with Gasteiger partial charge >= 0.3 is 5.97 Å². The van der Waals surface area contributed by atoms with Gasteiger partial charge in [-0.3, -0.25) is 0 Å². The molecule has 0 fully saturated rings. The second-order valence-electron chi connectivity index (χ2n) is 5.46. The highest BCUT2D eigenvalue weighted by Gasteiger charge is 2.35. The number of anilines is 1. The van der Waals surface area contributed by atoms with Crippen molar-refractivity contribution in [1.29, 1.82) is 0 Å². The third-order valence-electron chi connectivity index (χ3n) is 4.12. The number of nitrogens with one attached hydrogen (secondary N) is 1. The molecule has 0 radical (unpaired) electrons. The minimum atomic E-state index is -0.623. The Kier molecular flexibility index (Phi) is 4.65. The minimum Gasteiger partial charge on any atom is -0.493 e. The number of aromatic nitrogens is 4. The lowest BCUT2D eigenvalue weighted by molar-refractivity contribution is -0.136. The third kappa shape index (κ3) is 2.68. The Morgan fingerprint density at radius 1 is 1.12 bits per heavy atom. The Hall–Kier alpha value is -3.30. The van der Waals surface area contributed by atoms with Crippen molar-refractivity contribution in [3.05, 3.63) is 29.0 Å². The van der Waals surface area contributed by atoms with Crippen LogP contribution in [0.2, 0.25) is 0 Å². The normalized spacial score (nSPS) is 15.8. The number of rotatable bonds is 5. The van der Waals surface area contributed by atoms with Gasteiger partial charge < -0.3 is 24.3 Å². The molecule has 10 heteroatoms. The number of nitrogens with zero attached hydrogens (tertiary/aromatic N) is 4. The first-order valence-corrected chi connectivity index (χ1v) is 7.69. The van der Waals surface area contributed by atoms with Crippen LogP contribution < -0.4 is 19.5 Å². The molecule has 138 valence electrons. The molecule has 1 aliphatic heterocycles. The van der Waals surface area contributed by atoms with E-state index in [-0.39, 0.29) is 0 Å². The zero-order valence-corrected chi connectivity index (χ0v) is 15.1. The molecule has 0 amide bonds. The lowest BCUT2D eigenvalue weighted by atomic mass is 9.95. The van der Waals surface area contributed by atoms with E-state index in [0.29, 0.717) is 40.0 Å². The quantitative estimate of drug-likeness (QED) is 0.784. The molecule has 2 aromatic rings. The summed E-state index contributed by atoms with van der Waals surface area (Å²) in [6.07, 6.45) is 0. The molecule has 0 bridgehead atoms. The van der Waals surface area contributed by atoms with Crippen LogP contribution in [0.15, 0.2) is 23.4 Å². The largest absolute Gasteiger partial charge is 0.493 e. The van der Waals surface area contributed by atoms with Crippen molar-refractivity contribution in [1.82, 2.24) is 20.2 Å². The average Bonchev–Trinajstić information content (AvgIpc) is 3.12. The fourth-order valence-electron chi connectivity index (χ4n) is 2.95. The number of carbonyl (C=O) groups excluding carboxylic acids is 1. The summed E-state index contributed by atoms with van der Waals surface area (Å²) in [6, 6.07) is 2.88. The third-order valence-corrected chi connectivity index (χ3v) is 4.12.